The Kier molecular flexibility index (Phi) is 3.14. The van der Waals surface area contributed by atoms with Gasteiger partial charge in [0.15, 0.2) is 0 Å². The molecule has 2 unspecified atom stereocenters. The number of halogens is 1. The number of rotatable bonds is 2. The van der Waals surface area contributed by atoms with Crippen molar-refractivity contribution in [3.05, 3.63) is 28.8 Å². The number of anilines is 1. The quantitative estimate of drug-likeness (QED) is 0.762. The highest BCUT2D eigenvalue weighted by atomic mass is 35.5. The van der Waals surface area contributed by atoms with Crippen LogP contribution >= 0.6 is 11.6 Å². The van der Waals surface area contributed by atoms with Gasteiger partial charge in [0.1, 0.15) is 6.10 Å². The minimum atomic E-state index is -0.675. The molecule has 0 aliphatic carbocycles. The highest BCUT2D eigenvalue weighted by Gasteiger charge is 2.26. The highest BCUT2D eigenvalue weighted by molar-refractivity contribution is 6.30. The molecule has 1 heterocycles. The third-order valence-electron chi connectivity index (χ3n) is 2.68. The molecule has 1 aliphatic heterocycles. The van der Waals surface area contributed by atoms with Gasteiger partial charge in [-0.05, 0) is 31.0 Å². The van der Waals surface area contributed by atoms with Gasteiger partial charge in [-0.25, -0.2) is 0 Å². The largest absolute Gasteiger partial charge is 0.398 e. The lowest BCUT2D eigenvalue weighted by molar-refractivity contribution is -0.00221. The number of nitrogen functional groups attached to an aromatic ring is 1. The number of benzene rings is 1. The summed E-state index contributed by atoms with van der Waals surface area (Å²) in [6, 6.07) is 5.11. The van der Waals surface area contributed by atoms with Gasteiger partial charge in [-0.3, -0.25) is 0 Å². The van der Waals surface area contributed by atoms with Gasteiger partial charge in [0, 0.05) is 22.9 Å². The van der Waals surface area contributed by atoms with Crippen LogP contribution in [0, 0.1) is 0 Å². The molecule has 1 fully saturated rings. The standard InChI is InChI=1S/C11H14ClNO2/c12-7-3-4-9(13)8(6-7)11(14)10-2-1-5-15-10/h3-4,6,10-11,14H,1-2,5,13H2. The molecule has 0 amide bonds. The van der Waals surface area contributed by atoms with Gasteiger partial charge in [0.2, 0.25) is 0 Å². The van der Waals surface area contributed by atoms with E-state index in [1.807, 2.05) is 0 Å². The maximum absolute atomic E-state index is 10.1. The predicted molar refractivity (Wildman–Crippen MR) is 59.8 cm³/mol. The van der Waals surface area contributed by atoms with Crippen molar-refractivity contribution in [1.29, 1.82) is 0 Å². The van der Waals surface area contributed by atoms with E-state index >= 15 is 0 Å². The second-order valence-corrected chi connectivity index (χ2v) is 4.21. The summed E-state index contributed by atoms with van der Waals surface area (Å²) in [4.78, 5) is 0. The summed E-state index contributed by atoms with van der Waals surface area (Å²) in [5.41, 5.74) is 7.00. The van der Waals surface area contributed by atoms with Crippen molar-refractivity contribution in [1.82, 2.24) is 0 Å². The Bertz CT molecular complexity index is 350. The zero-order valence-corrected chi connectivity index (χ0v) is 9.07. The van der Waals surface area contributed by atoms with Crippen molar-refractivity contribution >= 4 is 17.3 Å². The maximum atomic E-state index is 10.1. The number of nitrogens with two attached hydrogens (primary N) is 1. The molecule has 82 valence electrons. The van der Waals surface area contributed by atoms with Crippen LogP contribution in [0.25, 0.3) is 0 Å². The number of ether oxygens (including phenoxy) is 1. The van der Waals surface area contributed by atoms with Gasteiger partial charge in [-0.15, -0.1) is 0 Å². The monoisotopic (exact) mass is 227 g/mol. The van der Waals surface area contributed by atoms with Gasteiger partial charge < -0.3 is 15.6 Å². The molecule has 15 heavy (non-hydrogen) atoms. The fraction of sp³-hybridized carbons (Fsp3) is 0.455. The molecule has 0 bridgehead atoms. The predicted octanol–water partition coefficient (Wildman–Crippen LogP) is 2.13. The van der Waals surface area contributed by atoms with Crippen LogP contribution in [-0.4, -0.2) is 17.8 Å². The van der Waals surface area contributed by atoms with E-state index < -0.39 is 6.10 Å². The maximum Gasteiger partial charge on any atom is 0.107 e. The van der Waals surface area contributed by atoms with Gasteiger partial charge in [0.05, 0.1) is 6.10 Å². The molecule has 2 rings (SSSR count). The highest BCUT2D eigenvalue weighted by Crippen LogP contribution is 2.31. The Labute approximate surface area is 93.8 Å². The lowest BCUT2D eigenvalue weighted by atomic mass is 10.0. The van der Waals surface area contributed by atoms with Crippen LogP contribution in [0.4, 0.5) is 5.69 Å². The number of aliphatic hydroxyl groups excluding tert-OH is 1. The summed E-state index contributed by atoms with van der Waals surface area (Å²) in [5, 5.41) is 10.6. The third-order valence-corrected chi connectivity index (χ3v) is 2.92. The van der Waals surface area contributed by atoms with Crippen LogP contribution < -0.4 is 5.73 Å². The zero-order valence-electron chi connectivity index (χ0n) is 8.32. The summed E-state index contributed by atoms with van der Waals surface area (Å²) in [7, 11) is 0. The number of aliphatic hydroxyl groups is 1. The van der Waals surface area contributed by atoms with Crippen LogP contribution in [0.15, 0.2) is 18.2 Å². The molecular weight excluding hydrogens is 214 g/mol. The van der Waals surface area contributed by atoms with E-state index in [2.05, 4.69) is 0 Å². The summed E-state index contributed by atoms with van der Waals surface area (Å²) >= 11 is 5.86. The zero-order chi connectivity index (χ0) is 10.8. The van der Waals surface area contributed by atoms with Crippen molar-refractivity contribution in [2.24, 2.45) is 0 Å². The number of hydrogen-bond acceptors (Lipinski definition) is 3. The van der Waals surface area contributed by atoms with Gasteiger partial charge >= 0.3 is 0 Å². The number of hydrogen-bond donors (Lipinski definition) is 2. The summed E-state index contributed by atoms with van der Waals surface area (Å²) in [6.07, 6.45) is 1.03. The molecule has 3 N–H and O–H groups in total. The smallest absolute Gasteiger partial charge is 0.107 e. The Morgan fingerprint density at radius 2 is 2.33 bits per heavy atom. The van der Waals surface area contributed by atoms with E-state index in [0.717, 1.165) is 12.8 Å². The van der Waals surface area contributed by atoms with Crippen LogP contribution in [-0.2, 0) is 4.74 Å². The fourth-order valence-corrected chi connectivity index (χ4v) is 2.03. The second kappa shape index (κ2) is 4.39. The minimum Gasteiger partial charge on any atom is -0.398 e. The first kappa shape index (κ1) is 10.7. The van der Waals surface area contributed by atoms with Crippen molar-refractivity contribution in [2.45, 2.75) is 25.0 Å². The molecule has 2 atom stereocenters. The van der Waals surface area contributed by atoms with Gasteiger partial charge in [-0.1, -0.05) is 11.6 Å². The van der Waals surface area contributed by atoms with E-state index in [9.17, 15) is 5.11 Å². The van der Waals surface area contributed by atoms with Crippen molar-refractivity contribution in [2.75, 3.05) is 12.3 Å². The van der Waals surface area contributed by atoms with E-state index in [1.165, 1.54) is 0 Å². The SMILES string of the molecule is Nc1ccc(Cl)cc1C(O)C1CCCO1. The van der Waals surface area contributed by atoms with E-state index in [-0.39, 0.29) is 6.10 Å². The summed E-state index contributed by atoms with van der Waals surface area (Å²) in [6.45, 7) is 0.711. The van der Waals surface area contributed by atoms with Crippen molar-refractivity contribution < 1.29 is 9.84 Å². The molecular formula is C11H14ClNO2. The molecule has 1 aromatic rings. The molecule has 1 aliphatic rings. The third kappa shape index (κ3) is 2.25. The minimum absolute atomic E-state index is 0.147. The van der Waals surface area contributed by atoms with Gasteiger partial charge in [0.25, 0.3) is 0 Å². The average Bonchev–Trinajstić information content (AvgIpc) is 2.74. The molecule has 0 radical (unpaired) electrons. The van der Waals surface area contributed by atoms with Crippen molar-refractivity contribution in [3.8, 4) is 0 Å². The Morgan fingerprint density at radius 1 is 1.53 bits per heavy atom. The molecule has 4 heteroatoms. The molecule has 0 spiro atoms. The van der Waals surface area contributed by atoms with Crippen molar-refractivity contribution in [3.63, 3.8) is 0 Å². The lowest BCUT2D eigenvalue weighted by Gasteiger charge is -2.19. The van der Waals surface area contributed by atoms with E-state index in [0.29, 0.717) is 22.9 Å². The second-order valence-electron chi connectivity index (χ2n) is 3.77. The Hall–Kier alpha value is -0.770. The molecule has 1 saturated heterocycles. The van der Waals surface area contributed by atoms with Crippen LogP contribution in [0.1, 0.15) is 24.5 Å². The summed E-state index contributed by atoms with van der Waals surface area (Å²) in [5.74, 6) is 0. The van der Waals surface area contributed by atoms with Crippen LogP contribution in [0.3, 0.4) is 0 Å². The first-order valence-electron chi connectivity index (χ1n) is 5.03. The fourth-order valence-electron chi connectivity index (χ4n) is 1.85. The van der Waals surface area contributed by atoms with Crippen LogP contribution in [0.2, 0.25) is 5.02 Å². The lowest BCUT2D eigenvalue weighted by Crippen LogP contribution is -2.18. The molecule has 0 saturated carbocycles. The Morgan fingerprint density at radius 3 is 3.00 bits per heavy atom. The van der Waals surface area contributed by atoms with Crippen LogP contribution in [0.5, 0.6) is 0 Å². The topological polar surface area (TPSA) is 55.5 Å². The Balaban J connectivity index is 2.23. The average molecular weight is 228 g/mol. The van der Waals surface area contributed by atoms with E-state index in [4.69, 9.17) is 22.1 Å². The summed E-state index contributed by atoms with van der Waals surface area (Å²) < 4.78 is 5.42. The normalized spacial score (nSPS) is 22.9. The molecule has 3 nitrogen and oxygen atoms in total. The van der Waals surface area contributed by atoms with Gasteiger partial charge in [-0.2, -0.15) is 0 Å². The van der Waals surface area contributed by atoms with E-state index in [1.54, 1.807) is 18.2 Å². The first-order valence-corrected chi connectivity index (χ1v) is 5.41. The molecule has 1 aromatic carbocycles. The first-order chi connectivity index (χ1) is 7.18. The molecule has 0 aromatic heterocycles.